The van der Waals surface area contributed by atoms with Crippen LogP contribution in [0.2, 0.25) is 0 Å². The molecule has 0 aromatic heterocycles. The van der Waals surface area contributed by atoms with Gasteiger partial charge in [-0.15, -0.1) is 0 Å². The Morgan fingerprint density at radius 2 is 2.46 bits per heavy atom. The molecule has 13 heavy (non-hydrogen) atoms. The van der Waals surface area contributed by atoms with Gasteiger partial charge in [0.15, 0.2) is 0 Å². The van der Waals surface area contributed by atoms with E-state index in [2.05, 4.69) is 9.78 Å². The number of aliphatic hydroxyl groups is 1. The molecule has 0 bridgehead atoms. The van der Waals surface area contributed by atoms with Crippen molar-refractivity contribution >= 4 is 11.4 Å². The van der Waals surface area contributed by atoms with Crippen molar-refractivity contribution in [2.45, 2.75) is 19.8 Å². The molecule has 0 fully saturated rings. The summed E-state index contributed by atoms with van der Waals surface area (Å²) in [5.41, 5.74) is 11.3. The quantitative estimate of drug-likeness (QED) is 0.380. The molecule has 0 saturated carbocycles. The third-order valence-electron chi connectivity index (χ3n) is 1.95. The fourth-order valence-electron chi connectivity index (χ4n) is 1.26. The van der Waals surface area contributed by atoms with Gasteiger partial charge in [-0.05, 0) is 6.92 Å². The topological polar surface area (TPSA) is 69.0 Å². The Balaban J connectivity index is 2.82. The van der Waals surface area contributed by atoms with Crippen molar-refractivity contribution in [2.75, 3.05) is 13.2 Å². The Hall–Kier alpha value is -1.25. The molecular formula is C9H13N3O. The molecule has 0 saturated heterocycles. The van der Waals surface area contributed by atoms with Gasteiger partial charge in [0, 0.05) is 6.42 Å². The van der Waals surface area contributed by atoms with E-state index in [0.29, 0.717) is 18.7 Å². The Morgan fingerprint density at radius 3 is 3.08 bits per heavy atom. The fraction of sp³-hybridized carbons (Fsp3) is 0.556. The second-order valence-corrected chi connectivity index (χ2v) is 3.03. The average Bonchev–Trinajstić information content (AvgIpc) is 2.15. The molecule has 0 atom stereocenters. The highest BCUT2D eigenvalue weighted by Gasteiger charge is 2.20. The van der Waals surface area contributed by atoms with Gasteiger partial charge < -0.3 is 10.6 Å². The molecule has 70 valence electrons. The lowest BCUT2D eigenvalue weighted by Crippen LogP contribution is -2.20. The van der Waals surface area contributed by atoms with Crippen LogP contribution in [0.5, 0.6) is 0 Å². The van der Waals surface area contributed by atoms with Gasteiger partial charge in [-0.3, -0.25) is 4.99 Å². The summed E-state index contributed by atoms with van der Waals surface area (Å²) in [7, 11) is 0. The Labute approximate surface area is 77.2 Å². The Kier molecular flexibility index (Phi) is 3.55. The van der Waals surface area contributed by atoms with Crippen LogP contribution in [-0.4, -0.2) is 34.5 Å². The minimum absolute atomic E-state index is 0.0327. The van der Waals surface area contributed by atoms with Crippen LogP contribution in [0.4, 0.5) is 0 Å². The maximum absolute atomic E-state index is 8.66. The molecule has 0 heterocycles. The van der Waals surface area contributed by atoms with E-state index in [0.717, 1.165) is 12.1 Å². The molecule has 0 amide bonds. The zero-order valence-corrected chi connectivity index (χ0v) is 7.69. The summed E-state index contributed by atoms with van der Waals surface area (Å²) in [6, 6.07) is 0. The highest BCUT2D eigenvalue weighted by Crippen LogP contribution is 2.12. The van der Waals surface area contributed by atoms with Crippen LogP contribution in [0.3, 0.4) is 0 Å². The SMILES string of the molecule is CC1=CCC(=[N+]=[N-])C(=NCCO)C1. The summed E-state index contributed by atoms with van der Waals surface area (Å²) in [4.78, 5) is 7.32. The van der Waals surface area contributed by atoms with Gasteiger partial charge in [0.2, 0.25) is 0 Å². The van der Waals surface area contributed by atoms with E-state index in [9.17, 15) is 0 Å². The lowest BCUT2D eigenvalue weighted by Gasteiger charge is -2.07. The standard InChI is InChI=1S/C9H13N3O/c1-7-2-3-8(12-10)9(6-7)11-4-5-13/h2,13H,3-6H2,1H3. The molecule has 0 radical (unpaired) electrons. The van der Waals surface area contributed by atoms with Crippen LogP contribution in [0.25, 0.3) is 5.53 Å². The summed E-state index contributed by atoms with van der Waals surface area (Å²) in [5, 5.41) is 8.60. The van der Waals surface area contributed by atoms with Gasteiger partial charge in [0.25, 0.3) is 0 Å². The number of aliphatic imine (C=N–C) groups is 1. The minimum Gasteiger partial charge on any atom is -0.394 e. The molecule has 1 aliphatic rings. The molecule has 0 spiro atoms. The first-order valence-electron chi connectivity index (χ1n) is 4.29. The van der Waals surface area contributed by atoms with Crippen molar-refractivity contribution in [1.82, 2.24) is 0 Å². The third kappa shape index (κ3) is 2.61. The molecule has 0 unspecified atom stereocenters. The maximum atomic E-state index is 8.66. The van der Waals surface area contributed by atoms with Crippen LogP contribution < -0.4 is 0 Å². The first-order chi connectivity index (χ1) is 6.27. The van der Waals surface area contributed by atoms with Gasteiger partial charge in [0.1, 0.15) is 5.71 Å². The summed E-state index contributed by atoms with van der Waals surface area (Å²) >= 11 is 0. The largest absolute Gasteiger partial charge is 0.394 e. The second kappa shape index (κ2) is 4.70. The lowest BCUT2D eigenvalue weighted by molar-refractivity contribution is -0.00387. The molecule has 0 aromatic rings. The van der Waals surface area contributed by atoms with Gasteiger partial charge >= 0.3 is 5.71 Å². The fourth-order valence-corrected chi connectivity index (χ4v) is 1.26. The van der Waals surface area contributed by atoms with E-state index in [1.165, 1.54) is 5.57 Å². The van der Waals surface area contributed by atoms with E-state index in [1.54, 1.807) is 0 Å². The van der Waals surface area contributed by atoms with Gasteiger partial charge in [-0.25, -0.2) is 0 Å². The maximum Gasteiger partial charge on any atom is 0.316 e. The van der Waals surface area contributed by atoms with E-state index in [4.69, 9.17) is 10.6 Å². The number of nitrogens with zero attached hydrogens (tertiary/aromatic N) is 3. The van der Waals surface area contributed by atoms with Gasteiger partial charge in [0.05, 0.1) is 19.6 Å². The third-order valence-corrected chi connectivity index (χ3v) is 1.95. The van der Waals surface area contributed by atoms with E-state index < -0.39 is 0 Å². The van der Waals surface area contributed by atoms with Crippen LogP contribution in [0, 0.1) is 0 Å². The van der Waals surface area contributed by atoms with E-state index in [-0.39, 0.29) is 6.61 Å². The normalized spacial score (nSPS) is 20.0. The second-order valence-electron chi connectivity index (χ2n) is 3.03. The van der Waals surface area contributed by atoms with Crippen molar-refractivity contribution in [3.63, 3.8) is 0 Å². The van der Waals surface area contributed by atoms with Gasteiger partial charge in [-0.2, -0.15) is 4.79 Å². The molecule has 0 aliphatic heterocycles. The first kappa shape index (κ1) is 9.84. The first-order valence-corrected chi connectivity index (χ1v) is 4.29. The molecule has 1 aliphatic carbocycles. The average molecular weight is 179 g/mol. The zero-order chi connectivity index (χ0) is 9.68. The molecule has 4 nitrogen and oxygen atoms in total. The monoisotopic (exact) mass is 179 g/mol. The predicted molar refractivity (Wildman–Crippen MR) is 51.0 cm³/mol. The van der Waals surface area contributed by atoms with Crippen LogP contribution >= 0.6 is 0 Å². The number of allylic oxidation sites excluding steroid dienone is 2. The van der Waals surface area contributed by atoms with Crippen LogP contribution in [0.1, 0.15) is 19.8 Å². The van der Waals surface area contributed by atoms with Crippen molar-refractivity contribution in [3.8, 4) is 0 Å². The molecule has 1 N–H and O–H groups in total. The van der Waals surface area contributed by atoms with Crippen molar-refractivity contribution in [2.24, 2.45) is 4.99 Å². The van der Waals surface area contributed by atoms with Crippen LogP contribution in [0.15, 0.2) is 16.6 Å². The van der Waals surface area contributed by atoms with Crippen LogP contribution in [-0.2, 0) is 0 Å². The zero-order valence-electron chi connectivity index (χ0n) is 7.69. The predicted octanol–water partition coefficient (Wildman–Crippen LogP) is 0.831. The molecule has 0 aromatic carbocycles. The number of aliphatic hydroxyl groups excluding tert-OH is 1. The van der Waals surface area contributed by atoms with Crippen molar-refractivity contribution < 1.29 is 9.90 Å². The van der Waals surface area contributed by atoms with Crippen molar-refractivity contribution in [3.05, 3.63) is 17.2 Å². The summed E-state index contributed by atoms with van der Waals surface area (Å²) in [6.45, 7) is 2.43. The smallest absolute Gasteiger partial charge is 0.316 e. The molecule has 4 heteroatoms. The highest BCUT2D eigenvalue weighted by atomic mass is 16.3. The summed E-state index contributed by atoms with van der Waals surface area (Å²) in [5.74, 6) is 0. The number of hydrogen-bond donors (Lipinski definition) is 1. The summed E-state index contributed by atoms with van der Waals surface area (Å²) < 4.78 is 0. The minimum atomic E-state index is 0.0327. The molecular weight excluding hydrogens is 166 g/mol. The highest BCUT2D eigenvalue weighted by molar-refractivity contribution is 6.41. The van der Waals surface area contributed by atoms with Crippen molar-refractivity contribution in [1.29, 1.82) is 0 Å². The van der Waals surface area contributed by atoms with E-state index >= 15 is 0 Å². The Morgan fingerprint density at radius 1 is 1.69 bits per heavy atom. The van der Waals surface area contributed by atoms with E-state index in [1.807, 2.05) is 13.0 Å². The number of rotatable bonds is 2. The molecule has 1 rings (SSSR count). The lowest BCUT2D eigenvalue weighted by atomic mass is 9.97. The number of hydrogen-bond acceptors (Lipinski definition) is 2. The summed E-state index contributed by atoms with van der Waals surface area (Å²) in [6.07, 6.45) is 3.37. The Bertz CT molecular complexity index is 298. The van der Waals surface area contributed by atoms with Gasteiger partial charge in [-0.1, -0.05) is 11.6 Å².